The van der Waals surface area contributed by atoms with Crippen LogP contribution >= 0.6 is 0 Å². The molecule has 1 unspecified atom stereocenters. The van der Waals surface area contributed by atoms with Gasteiger partial charge < -0.3 is 5.32 Å². The Bertz CT molecular complexity index is 84.7. The predicted octanol–water partition coefficient (Wildman–Crippen LogP) is 2.36. The SMILES string of the molecule is C=C/C=C\C(C)NC.CC. The van der Waals surface area contributed by atoms with Crippen molar-refractivity contribution in [2.75, 3.05) is 7.05 Å². The topological polar surface area (TPSA) is 12.0 Å². The molecule has 0 aromatic heterocycles. The van der Waals surface area contributed by atoms with Crippen LogP contribution in [0.1, 0.15) is 20.8 Å². The highest BCUT2D eigenvalue weighted by Gasteiger charge is 1.84. The van der Waals surface area contributed by atoms with Crippen LogP contribution < -0.4 is 5.32 Å². The van der Waals surface area contributed by atoms with E-state index in [4.69, 9.17) is 0 Å². The second-order valence-corrected chi connectivity index (χ2v) is 1.70. The van der Waals surface area contributed by atoms with Gasteiger partial charge >= 0.3 is 0 Å². The third-order valence-corrected chi connectivity index (χ3v) is 0.991. The Balaban J connectivity index is 0. The summed E-state index contributed by atoms with van der Waals surface area (Å²) >= 11 is 0. The molecule has 0 aromatic carbocycles. The van der Waals surface area contributed by atoms with Gasteiger partial charge in [0.1, 0.15) is 0 Å². The first-order valence-electron chi connectivity index (χ1n) is 3.77. The average Bonchev–Trinajstić information content (AvgIpc) is 2.04. The lowest BCUT2D eigenvalue weighted by Gasteiger charge is -1.99. The molecule has 0 aliphatic carbocycles. The summed E-state index contributed by atoms with van der Waals surface area (Å²) in [6, 6.07) is 0.452. The van der Waals surface area contributed by atoms with Crippen molar-refractivity contribution < 1.29 is 0 Å². The quantitative estimate of drug-likeness (QED) is 0.595. The van der Waals surface area contributed by atoms with E-state index in [1.54, 1.807) is 6.08 Å². The molecule has 0 saturated heterocycles. The minimum atomic E-state index is 0.452. The smallest absolute Gasteiger partial charge is 0.0221 e. The first-order chi connectivity index (χ1) is 4.81. The molecular formula is C9H19N. The summed E-state index contributed by atoms with van der Waals surface area (Å²) in [6.45, 7) is 9.64. The number of allylic oxidation sites excluding steroid dienone is 2. The molecule has 0 aliphatic rings. The van der Waals surface area contributed by atoms with E-state index in [-0.39, 0.29) is 0 Å². The minimum absolute atomic E-state index is 0.452. The van der Waals surface area contributed by atoms with E-state index in [2.05, 4.69) is 18.8 Å². The summed E-state index contributed by atoms with van der Waals surface area (Å²) in [5.41, 5.74) is 0. The van der Waals surface area contributed by atoms with E-state index in [9.17, 15) is 0 Å². The normalized spacial score (nSPS) is 12.0. The van der Waals surface area contributed by atoms with Crippen molar-refractivity contribution in [1.82, 2.24) is 5.32 Å². The van der Waals surface area contributed by atoms with Gasteiger partial charge in [0, 0.05) is 6.04 Å². The van der Waals surface area contributed by atoms with Crippen molar-refractivity contribution in [1.29, 1.82) is 0 Å². The van der Waals surface area contributed by atoms with E-state index in [1.807, 2.05) is 33.0 Å². The van der Waals surface area contributed by atoms with Gasteiger partial charge in [-0.3, -0.25) is 0 Å². The van der Waals surface area contributed by atoms with Gasteiger partial charge in [-0.25, -0.2) is 0 Å². The van der Waals surface area contributed by atoms with Gasteiger partial charge in [-0.1, -0.05) is 38.7 Å². The number of rotatable bonds is 3. The monoisotopic (exact) mass is 141 g/mol. The molecule has 0 saturated carbocycles. The number of likely N-dealkylation sites (N-methyl/N-ethyl adjacent to an activating group) is 1. The van der Waals surface area contributed by atoms with Crippen molar-refractivity contribution in [2.24, 2.45) is 0 Å². The zero-order valence-corrected chi connectivity index (χ0v) is 7.52. The molecule has 1 nitrogen and oxygen atoms in total. The van der Waals surface area contributed by atoms with Crippen LogP contribution in [0.25, 0.3) is 0 Å². The van der Waals surface area contributed by atoms with Crippen LogP contribution in [0.3, 0.4) is 0 Å². The molecule has 0 bridgehead atoms. The highest BCUT2D eigenvalue weighted by atomic mass is 14.8. The minimum Gasteiger partial charge on any atom is -0.314 e. The van der Waals surface area contributed by atoms with E-state index >= 15 is 0 Å². The van der Waals surface area contributed by atoms with Crippen molar-refractivity contribution in [2.45, 2.75) is 26.8 Å². The van der Waals surface area contributed by atoms with Crippen molar-refractivity contribution >= 4 is 0 Å². The fourth-order valence-electron chi connectivity index (χ4n) is 0.341. The van der Waals surface area contributed by atoms with E-state index in [0.29, 0.717) is 6.04 Å². The lowest BCUT2D eigenvalue weighted by atomic mass is 10.3. The molecule has 0 rings (SSSR count). The van der Waals surface area contributed by atoms with Crippen LogP contribution in [0.2, 0.25) is 0 Å². The highest BCUT2D eigenvalue weighted by Crippen LogP contribution is 1.81. The molecule has 1 atom stereocenters. The Morgan fingerprint density at radius 1 is 1.40 bits per heavy atom. The fourth-order valence-corrected chi connectivity index (χ4v) is 0.341. The Labute approximate surface area is 64.8 Å². The van der Waals surface area contributed by atoms with Gasteiger partial charge in [0.05, 0.1) is 0 Å². The molecule has 0 amide bonds. The van der Waals surface area contributed by atoms with Gasteiger partial charge in [-0.05, 0) is 14.0 Å². The summed E-state index contributed by atoms with van der Waals surface area (Å²) < 4.78 is 0. The van der Waals surface area contributed by atoms with Gasteiger partial charge in [-0.15, -0.1) is 0 Å². The molecule has 0 spiro atoms. The molecule has 1 N–H and O–H groups in total. The van der Waals surface area contributed by atoms with Gasteiger partial charge in [0.2, 0.25) is 0 Å². The van der Waals surface area contributed by atoms with Gasteiger partial charge in [0.15, 0.2) is 0 Å². The third kappa shape index (κ3) is 10.4. The fraction of sp³-hybridized carbons (Fsp3) is 0.556. The summed E-state index contributed by atoms with van der Waals surface area (Å²) in [6.07, 6.45) is 5.75. The number of nitrogens with one attached hydrogen (secondary N) is 1. The lowest BCUT2D eigenvalue weighted by molar-refractivity contribution is 0.729. The highest BCUT2D eigenvalue weighted by molar-refractivity contribution is 5.01. The lowest BCUT2D eigenvalue weighted by Crippen LogP contribution is -2.17. The molecule has 60 valence electrons. The molecule has 10 heavy (non-hydrogen) atoms. The molecule has 0 radical (unpaired) electrons. The second kappa shape index (κ2) is 11.3. The van der Waals surface area contributed by atoms with Crippen LogP contribution in [-0.2, 0) is 0 Å². The van der Waals surface area contributed by atoms with Crippen LogP contribution in [0.15, 0.2) is 24.8 Å². The zero-order valence-electron chi connectivity index (χ0n) is 7.52. The number of hydrogen-bond acceptors (Lipinski definition) is 1. The average molecular weight is 141 g/mol. The Kier molecular flexibility index (Phi) is 13.7. The summed E-state index contributed by atoms with van der Waals surface area (Å²) in [4.78, 5) is 0. The van der Waals surface area contributed by atoms with Crippen LogP contribution in [0.5, 0.6) is 0 Å². The predicted molar refractivity (Wildman–Crippen MR) is 49.2 cm³/mol. The first kappa shape index (κ1) is 12.1. The van der Waals surface area contributed by atoms with E-state index < -0.39 is 0 Å². The first-order valence-corrected chi connectivity index (χ1v) is 3.77. The molecule has 0 fully saturated rings. The van der Waals surface area contributed by atoms with Crippen molar-refractivity contribution in [3.05, 3.63) is 24.8 Å². The van der Waals surface area contributed by atoms with Crippen molar-refractivity contribution in [3.63, 3.8) is 0 Å². The molecule has 0 heterocycles. The molecule has 1 heteroatoms. The maximum Gasteiger partial charge on any atom is 0.0221 e. The molecule has 0 aliphatic heterocycles. The van der Waals surface area contributed by atoms with Gasteiger partial charge in [0.25, 0.3) is 0 Å². The maximum absolute atomic E-state index is 3.55. The van der Waals surface area contributed by atoms with Crippen molar-refractivity contribution in [3.8, 4) is 0 Å². The second-order valence-electron chi connectivity index (χ2n) is 1.70. The van der Waals surface area contributed by atoms with Gasteiger partial charge in [-0.2, -0.15) is 0 Å². The molecule has 0 aromatic rings. The Morgan fingerprint density at radius 3 is 2.20 bits per heavy atom. The van der Waals surface area contributed by atoms with Crippen LogP contribution in [0.4, 0.5) is 0 Å². The summed E-state index contributed by atoms with van der Waals surface area (Å²) in [5.74, 6) is 0. The Hall–Kier alpha value is -0.560. The summed E-state index contributed by atoms with van der Waals surface area (Å²) in [7, 11) is 1.93. The van der Waals surface area contributed by atoms with E-state index in [1.165, 1.54) is 0 Å². The molecular weight excluding hydrogens is 122 g/mol. The van der Waals surface area contributed by atoms with Crippen LogP contribution in [0, 0.1) is 0 Å². The standard InChI is InChI=1S/C7H13N.C2H6/c1-4-5-6-7(2)8-3;1-2/h4-8H,1H2,2-3H3;1-2H3/b6-5-;. The number of hydrogen-bond donors (Lipinski definition) is 1. The van der Waals surface area contributed by atoms with E-state index in [0.717, 1.165) is 0 Å². The third-order valence-electron chi connectivity index (χ3n) is 0.991. The zero-order chi connectivity index (χ0) is 8.41. The largest absolute Gasteiger partial charge is 0.314 e. The Morgan fingerprint density at radius 2 is 1.90 bits per heavy atom. The summed E-state index contributed by atoms with van der Waals surface area (Å²) in [5, 5.41) is 3.07. The van der Waals surface area contributed by atoms with Crippen LogP contribution in [-0.4, -0.2) is 13.1 Å². The maximum atomic E-state index is 3.55.